The van der Waals surface area contributed by atoms with Gasteiger partial charge in [-0.3, -0.25) is 0 Å². The normalized spacial score (nSPS) is 14.6. The summed E-state index contributed by atoms with van der Waals surface area (Å²) in [5, 5.41) is 11.9. The molecule has 3 nitrogen and oxygen atoms in total. The molecule has 1 aromatic rings. The van der Waals surface area contributed by atoms with E-state index in [4.69, 9.17) is 9.84 Å². The quantitative estimate of drug-likeness (QED) is 0.790. The first-order valence-electron chi connectivity index (χ1n) is 5.97. The van der Waals surface area contributed by atoms with E-state index in [2.05, 4.69) is 5.32 Å². The maximum atomic E-state index is 12.1. The van der Waals surface area contributed by atoms with Gasteiger partial charge in [-0.25, -0.2) is 8.78 Å². The highest BCUT2D eigenvalue weighted by Crippen LogP contribution is 2.17. The Hall–Kier alpha value is -1.20. The Morgan fingerprint density at radius 1 is 1.28 bits per heavy atom. The van der Waals surface area contributed by atoms with Gasteiger partial charge in [0, 0.05) is 12.6 Å². The Kier molecular flexibility index (Phi) is 6.01. The van der Waals surface area contributed by atoms with Crippen LogP contribution in [0.2, 0.25) is 0 Å². The lowest BCUT2D eigenvalue weighted by molar-refractivity contribution is -0.00439. The van der Waals surface area contributed by atoms with E-state index in [0.29, 0.717) is 6.61 Å². The Balaban J connectivity index is 2.48. The molecule has 0 fully saturated rings. The highest BCUT2D eigenvalue weighted by Gasteiger charge is 2.17. The van der Waals surface area contributed by atoms with Crippen LogP contribution in [0, 0.1) is 0 Å². The maximum absolute atomic E-state index is 12.1. The first-order chi connectivity index (χ1) is 8.54. The van der Waals surface area contributed by atoms with E-state index in [1.54, 1.807) is 0 Å². The van der Waals surface area contributed by atoms with Gasteiger partial charge in [-0.1, -0.05) is 12.1 Å². The smallest absolute Gasteiger partial charge is 0.265 e. The van der Waals surface area contributed by atoms with Crippen LogP contribution in [0.3, 0.4) is 0 Å². The molecule has 102 valence electrons. The zero-order valence-corrected chi connectivity index (χ0v) is 10.6. The fraction of sp³-hybridized carbons (Fsp3) is 0.538. The molecule has 2 unspecified atom stereocenters. The third kappa shape index (κ3) is 4.58. The molecule has 0 heterocycles. The molecule has 18 heavy (non-hydrogen) atoms. The van der Waals surface area contributed by atoms with Crippen molar-refractivity contribution in [1.82, 2.24) is 5.32 Å². The molecule has 5 heteroatoms. The first-order valence-corrected chi connectivity index (χ1v) is 5.97. The molecule has 0 amide bonds. The summed E-state index contributed by atoms with van der Waals surface area (Å²) in [5.74, 6) is 0.779. The van der Waals surface area contributed by atoms with Gasteiger partial charge in [0.15, 0.2) is 0 Å². The standard InChI is InChI=1S/C13H19F2NO2/c1-3-18-11-6-4-10(5-7-11)9(2)16-8-12(17)13(14)15/h4-7,9,12-13,16-17H,3,8H2,1-2H3. The molecule has 2 atom stereocenters. The van der Waals surface area contributed by atoms with Crippen molar-refractivity contribution in [1.29, 1.82) is 0 Å². The van der Waals surface area contributed by atoms with Gasteiger partial charge < -0.3 is 15.2 Å². The topological polar surface area (TPSA) is 41.5 Å². The van der Waals surface area contributed by atoms with Crippen molar-refractivity contribution in [2.45, 2.75) is 32.4 Å². The monoisotopic (exact) mass is 259 g/mol. The van der Waals surface area contributed by atoms with Crippen molar-refractivity contribution in [2.75, 3.05) is 13.2 Å². The second kappa shape index (κ2) is 7.28. The molecule has 0 bridgehead atoms. The van der Waals surface area contributed by atoms with Crippen LogP contribution in [-0.4, -0.2) is 30.8 Å². The van der Waals surface area contributed by atoms with Crippen LogP contribution < -0.4 is 10.1 Å². The van der Waals surface area contributed by atoms with Crippen molar-refractivity contribution in [3.8, 4) is 5.75 Å². The van der Waals surface area contributed by atoms with Crippen LogP contribution in [0.5, 0.6) is 5.75 Å². The predicted molar refractivity (Wildman–Crippen MR) is 66.0 cm³/mol. The Morgan fingerprint density at radius 3 is 2.39 bits per heavy atom. The van der Waals surface area contributed by atoms with E-state index in [1.165, 1.54) is 0 Å². The van der Waals surface area contributed by atoms with E-state index in [9.17, 15) is 8.78 Å². The molecule has 1 rings (SSSR count). The lowest BCUT2D eigenvalue weighted by atomic mass is 10.1. The van der Waals surface area contributed by atoms with Gasteiger partial charge in [-0.05, 0) is 31.5 Å². The number of hydrogen-bond donors (Lipinski definition) is 2. The molecular weight excluding hydrogens is 240 g/mol. The molecule has 0 spiro atoms. The van der Waals surface area contributed by atoms with Gasteiger partial charge in [0.05, 0.1) is 6.61 Å². The largest absolute Gasteiger partial charge is 0.494 e. The number of aliphatic hydroxyl groups excluding tert-OH is 1. The summed E-state index contributed by atoms with van der Waals surface area (Å²) in [5.41, 5.74) is 0.958. The zero-order valence-electron chi connectivity index (χ0n) is 10.6. The second-order valence-corrected chi connectivity index (χ2v) is 4.03. The van der Waals surface area contributed by atoms with E-state index >= 15 is 0 Å². The van der Waals surface area contributed by atoms with Crippen LogP contribution in [0.1, 0.15) is 25.5 Å². The summed E-state index contributed by atoms with van der Waals surface area (Å²) < 4.78 is 29.5. The molecule has 0 aliphatic rings. The van der Waals surface area contributed by atoms with Crippen molar-refractivity contribution < 1.29 is 18.6 Å². The molecular formula is C13H19F2NO2. The number of rotatable bonds is 7. The molecule has 1 aromatic carbocycles. The number of alkyl halides is 2. The third-order valence-electron chi connectivity index (χ3n) is 2.62. The van der Waals surface area contributed by atoms with Gasteiger partial charge in [0.1, 0.15) is 11.9 Å². The summed E-state index contributed by atoms with van der Waals surface area (Å²) in [6.07, 6.45) is -4.35. The number of hydrogen-bond acceptors (Lipinski definition) is 3. The average molecular weight is 259 g/mol. The Morgan fingerprint density at radius 2 is 1.89 bits per heavy atom. The Labute approximate surface area is 106 Å². The van der Waals surface area contributed by atoms with E-state index in [-0.39, 0.29) is 12.6 Å². The zero-order chi connectivity index (χ0) is 13.5. The molecule has 0 saturated carbocycles. The molecule has 0 aromatic heterocycles. The molecule has 0 radical (unpaired) electrons. The lowest BCUT2D eigenvalue weighted by Gasteiger charge is -2.17. The van der Waals surface area contributed by atoms with Gasteiger partial charge in [0.2, 0.25) is 0 Å². The average Bonchev–Trinajstić information content (AvgIpc) is 2.36. The van der Waals surface area contributed by atoms with Crippen LogP contribution in [0.4, 0.5) is 8.78 Å². The van der Waals surface area contributed by atoms with Crippen molar-refractivity contribution in [2.24, 2.45) is 0 Å². The van der Waals surface area contributed by atoms with Crippen molar-refractivity contribution in [3.05, 3.63) is 29.8 Å². The first kappa shape index (κ1) is 14.9. The number of ether oxygens (including phenoxy) is 1. The minimum atomic E-state index is -2.72. The van der Waals surface area contributed by atoms with E-state index in [1.807, 2.05) is 38.1 Å². The maximum Gasteiger partial charge on any atom is 0.265 e. The minimum Gasteiger partial charge on any atom is -0.494 e. The summed E-state index contributed by atoms with van der Waals surface area (Å²) in [6.45, 7) is 4.23. The van der Waals surface area contributed by atoms with Crippen molar-refractivity contribution in [3.63, 3.8) is 0 Å². The van der Waals surface area contributed by atoms with Crippen molar-refractivity contribution >= 4 is 0 Å². The highest BCUT2D eigenvalue weighted by atomic mass is 19.3. The molecule has 2 N–H and O–H groups in total. The number of aliphatic hydroxyl groups is 1. The summed E-state index contributed by atoms with van der Waals surface area (Å²) in [6, 6.07) is 7.31. The van der Waals surface area contributed by atoms with E-state index < -0.39 is 12.5 Å². The summed E-state index contributed by atoms with van der Waals surface area (Å²) in [4.78, 5) is 0. The molecule has 0 saturated heterocycles. The fourth-order valence-corrected chi connectivity index (χ4v) is 1.52. The van der Waals surface area contributed by atoms with Crippen LogP contribution in [0.15, 0.2) is 24.3 Å². The lowest BCUT2D eigenvalue weighted by Crippen LogP contribution is -2.33. The number of benzene rings is 1. The van der Waals surface area contributed by atoms with Gasteiger partial charge in [0.25, 0.3) is 6.43 Å². The third-order valence-corrected chi connectivity index (χ3v) is 2.62. The van der Waals surface area contributed by atoms with Gasteiger partial charge in [-0.15, -0.1) is 0 Å². The van der Waals surface area contributed by atoms with Gasteiger partial charge in [-0.2, -0.15) is 0 Å². The van der Waals surface area contributed by atoms with E-state index in [0.717, 1.165) is 11.3 Å². The SMILES string of the molecule is CCOc1ccc(C(C)NCC(O)C(F)F)cc1. The van der Waals surface area contributed by atoms with Crippen LogP contribution >= 0.6 is 0 Å². The molecule has 0 aliphatic heterocycles. The van der Waals surface area contributed by atoms with Crippen LogP contribution in [0.25, 0.3) is 0 Å². The summed E-state index contributed by atoms with van der Waals surface area (Å²) in [7, 11) is 0. The summed E-state index contributed by atoms with van der Waals surface area (Å²) >= 11 is 0. The number of halogens is 2. The number of nitrogens with one attached hydrogen (secondary N) is 1. The minimum absolute atomic E-state index is 0.103. The second-order valence-electron chi connectivity index (χ2n) is 4.03. The molecule has 0 aliphatic carbocycles. The Bertz CT molecular complexity index is 343. The highest BCUT2D eigenvalue weighted by molar-refractivity contribution is 5.28. The van der Waals surface area contributed by atoms with Gasteiger partial charge >= 0.3 is 0 Å². The predicted octanol–water partition coefficient (Wildman–Crippen LogP) is 2.36. The van der Waals surface area contributed by atoms with Crippen LogP contribution in [-0.2, 0) is 0 Å². The fourth-order valence-electron chi connectivity index (χ4n) is 1.52.